The average molecular weight is 262 g/mol. The molecular weight excluding hydrogens is 240 g/mol. The molecule has 0 rings (SSSR count). The van der Waals surface area contributed by atoms with Crippen LogP contribution in [0.3, 0.4) is 0 Å². The second-order valence-electron chi connectivity index (χ2n) is 3.79. The Morgan fingerprint density at radius 1 is 1.24 bits per heavy atom. The molecule has 0 spiro atoms. The van der Waals surface area contributed by atoms with Gasteiger partial charge in [-0.2, -0.15) is 0 Å². The molecule has 5 heteroatoms. The van der Waals surface area contributed by atoms with Crippen LogP contribution in [-0.4, -0.2) is 36.7 Å². The first-order valence-corrected chi connectivity index (χ1v) is 6.97. The highest BCUT2D eigenvalue weighted by atomic mass is 32.2. The normalized spacial score (nSPS) is 13.9. The lowest BCUT2D eigenvalue weighted by Crippen LogP contribution is -2.23. The number of thioether (sulfide) groups is 1. The third-order valence-corrected chi connectivity index (χ3v) is 3.77. The summed E-state index contributed by atoms with van der Waals surface area (Å²) in [7, 11) is 1.37. The molecule has 0 aromatic heterocycles. The molecule has 0 saturated heterocycles. The van der Waals surface area contributed by atoms with Gasteiger partial charge in [-0.05, 0) is 13.3 Å². The summed E-state index contributed by atoms with van der Waals surface area (Å²) in [5.74, 6) is -0.0392. The van der Waals surface area contributed by atoms with Crippen molar-refractivity contribution < 1.29 is 19.1 Å². The number of hydrogen-bond acceptors (Lipinski definition) is 5. The van der Waals surface area contributed by atoms with Crippen molar-refractivity contribution in [2.75, 3.05) is 19.5 Å². The van der Waals surface area contributed by atoms with Gasteiger partial charge in [-0.3, -0.25) is 9.59 Å². The lowest BCUT2D eigenvalue weighted by molar-refractivity contribution is -0.144. The molecule has 0 aromatic rings. The zero-order chi connectivity index (χ0) is 13.3. The molecule has 0 heterocycles. The Morgan fingerprint density at radius 2 is 1.88 bits per heavy atom. The molecule has 0 radical (unpaired) electrons. The van der Waals surface area contributed by atoms with Crippen molar-refractivity contribution in [3.63, 3.8) is 0 Å². The first kappa shape index (κ1) is 16.3. The van der Waals surface area contributed by atoms with E-state index in [1.807, 2.05) is 6.92 Å². The largest absolute Gasteiger partial charge is 0.469 e. The van der Waals surface area contributed by atoms with E-state index < -0.39 is 0 Å². The highest BCUT2D eigenvalue weighted by molar-refractivity contribution is 8.00. The van der Waals surface area contributed by atoms with Crippen LogP contribution in [0.15, 0.2) is 0 Å². The van der Waals surface area contributed by atoms with Crippen molar-refractivity contribution in [2.24, 2.45) is 5.92 Å². The predicted octanol–water partition coefficient (Wildman–Crippen LogP) is 2.26. The zero-order valence-electron chi connectivity index (χ0n) is 11.0. The summed E-state index contributed by atoms with van der Waals surface area (Å²) in [6.45, 7) is 6.01. The van der Waals surface area contributed by atoms with Gasteiger partial charge in [-0.1, -0.05) is 20.3 Å². The number of rotatable bonds is 8. The molecule has 17 heavy (non-hydrogen) atoms. The maximum absolute atomic E-state index is 11.6. The van der Waals surface area contributed by atoms with E-state index in [9.17, 15) is 9.59 Å². The van der Waals surface area contributed by atoms with Crippen LogP contribution in [0.1, 0.15) is 33.6 Å². The Labute approximate surface area is 107 Å². The van der Waals surface area contributed by atoms with E-state index in [0.717, 1.165) is 12.8 Å². The molecule has 2 unspecified atom stereocenters. The minimum absolute atomic E-state index is 0.174. The van der Waals surface area contributed by atoms with Crippen molar-refractivity contribution in [3.8, 4) is 0 Å². The maximum atomic E-state index is 11.6. The second-order valence-corrected chi connectivity index (χ2v) is 5.02. The lowest BCUT2D eigenvalue weighted by atomic mass is 10.2. The van der Waals surface area contributed by atoms with E-state index in [4.69, 9.17) is 4.74 Å². The topological polar surface area (TPSA) is 52.6 Å². The van der Waals surface area contributed by atoms with Gasteiger partial charge < -0.3 is 9.47 Å². The van der Waals surface area contributed by atoms with E-state index in [1.165, 1.54) is 18.9 Å². The Hall–Kier alpha value is -0.710. The molecule has 0 fully saturated rings. The average Bonchev–Trinajstić information content (AvgIpc) is 2.33. The summed E-state index contributed by atoms with van der Waals surface area (Å²) in [6.07, 6.45) is 1.69. The van der Waals surface area contributed by atoms with Crippen molar-refractivity contribution in [2.45, 2.75) is 38.9 Å². The molecule has 0 bridgehead atoms. The van der Waals surface area contributed by atoms with Gasteiger partial charge in [0.05, 0.1) is 19.6 Å². The van der Waals surface area contributed by atoms with Gasteiger partial charge in [-0.15, -0.1) is 11.8 Å². The first-order chi connectivity index (χ1) is 8.06. The van der Waals surface area contributed by atoms with Crippen LogP contribution in [0, 0.1) is 5.92 Å². The van der Waals surface area contributed by atoms with Crippen LogP contribution in [0.5, 0.6) is 0 Å². The van der Waals surface area contributed by atoms with Crippen LogP contribution in [0.2, 0.25) is 0 Å². The third kappa shape index (κ3) is 6.56. The molecule has 0 aliphatic rings. The lowest BCUT2D eigenvalue weighted by Gasteiger charge is -2.16. The van der Waals surface area contributed by atoms with Gasteiger partial charge in [0.15, 0.2) is 0 Å². The van der Waals surface area contributed by atoms with Crippen LogP contribution in [0.4, 0.5) is 0 Å². The Morgan fingerprint density at radius 3 is 2.35 bits per heavy atom. The minimum Gasteiger partial charge on any atom is -0.469 e. The molecule has 0 N–H and O–H groups in total. The predicted molar refractivity (Wildman–Crippen MR) is 69.0 cm³/mol. The number of carbonyl (C=O) groups excluding carboxylic acids is 2. The van der Waals surface area contributed by atoms with Crippen LogP contribution >= 0.6 is 11.8 Å². The quantitative estimate of drug-likeness (QED) is 0.628. The summed E-state index contributed by atoms with van der Waals surface area (Å²) in [4.78, 5) is 22.9. The van der Waals surface area contributed by atoms with Gasteiger partial charge in [0.1, 0.15) is 5.25 Å². The van der Waals surface area contributed by atoms with Gasteiger partial charge in [0, 0.05) is 5.75 Å². The van der Waals surface area contributed by atoms with Gasteiger partial charge in [0.2, 0.25) is 0 Å². The Bertz CT molecular complexity index is 243. The second kappa shape index (κ2) is 9.33. The SMILES string of the molecule is CCCC(SCC(C)C(=O)OC)C(=O)OCC. The molecule has 0 saturated carbocycles. The zero-order valence-corrected chi connectivity index (χ0v) is 11.8. The summed E-state index contributed by atoms with van der Waals surface area (Å²) in [5, 5.41) is -0.174. The number of methoxy groups -OCH3 is 1. The molecule has 100 valence electrons. The first-order valence-electron chi connectivity index (χ1n) is 5.92. The summed E-state index contributed by atoms with van der Waals surface area (Å²) < 4.78 is 9.64. The summed E-state index contributed by atoms with van der Waals surface area (Å²) in [6, 6.07) is 0. The molecule has 0 aliphatic heterocycles. The molecule has 0 aliphatic carbocycles. The Balaban J connectivity index is 4.16. The number of esters is 2. The third-order valence-electron chi connectivity index (χ3n) is 2.25. The highest BCUT2D eigenvalue weighted by Gasteiger charge is 2.22. The van der Waals surface area contributed by atoms with Crippen molar-refractivity contribution in [3.05, 3.63) is 0 Å². The van der Waals surface area contributed by atoms with Crippen molar-refractivity contribution in [1.29, 1.82) is 0 Å². The smallest absolute Gasteiger partial charge is 0.319 e. The van der Waals surface area contributed by atoms with E-state index in [1.54, 1.807) is 13.8 Å². The van der Waals surface area contributed by atoms with E-state index in [2.05, 4.69) is 4.74 Å². The number of ether oxygens (including phenoxy) is 2. The Kier molecular flexibility index (Phi) is 8.94. The monoisotopic (exact) mass is 262 g/mol. The standard InChI is InChI=1S/C12H22O4S/c1-5-7-10(12(14)16-6-2)17-8-9(3)11(13)15-4/h9-10H,5-8H2,1-4H3. The molecule has 0 aromatic carbocycles. The van der Waals surface area contributed by atoms with Crippen molar-refractivity contribution >= 4 is 23.7 Å². The van der Waals surface area contributed by atoms with E-state index in [-0.39, 0.29) is 23.1 Å². The van der Waals surface area contributed by atoms with Gasteiger partial charge in [0.25, 0.3) is 0 Å². The van der Waals surface area contributed by atoms with Crippen LogP contribution < -0.4 is 0 Å². The van der Waals surface area contributed by atoms with Gasteiger partial charge >= 0.3 is 11.9 Å². The van der Waals surface area contributed by atoms with E-state index >= 15 is 0 Å². The fourth-order valence-electron chi connectivity index (χ4n) is 1.30. The number of carbonyl (C=O) groups is 2. The summed E-state index contributed by atoms with van der Waals surface area (Å²) >= 11 is 1.47. The fraction of sp³-hybridized carbons (Fsp3) is 0.833. The van der Waals surface area contributed by atoms with Crippen molar-refractivity contribution in [1.82, 2.24) is 0 Å². The van der Waals surface area contributed by atoms with Crippen LogP contribution in [-0.2, 0) is 19.1 Å². The summed E-state index contributed by atoms with van der Waals surface area (Å²) in [5.41, 5.74) is 0. The maximum Gasteiger partial charge on any atom is 0.319 e. The molecule has 2 atom stereocenters. The fourth-order valence-corrected chi connectivity index (χ4v) is 2.56. The number of hydrogen-bond donors (Lipinski definition) is 0. The highest BCUT2D eigenvalue weighted by Crippen LogP contribution is 2.21. The van der Waals surface area contributed by atoms with Gasteiger partial charge in [-0.25, -0.2) is 0 Å². The van der Waals surface area contributed by atoms with E-state index in [0.29, 0.717) is 12.4 Å². The molecule has 0 amide bonds. The molecule has 4 nitrogen and oxygen atoms in total. The minimum atomic E-state index is -0.239. The van der Waals surface area contributed by atoms with Crippen LogP contribution in [0.25, 0.3) is 0 Å². The molecular formula is C12H22O4S.